The normalized spacial score (nSPS) is 13.1. The Morgan fingerprint density at radius 1 is 1.64 bits per heavy atom. The van der Waals surface area contributed by atoms with Gasteiger partial charge in [-0.1, -0.05) is 5.21 Å². The van der Waals surface area contributed by atoms with Crippen LogP contribution in [0.2, 0.25) is 0 Å². The molecule has 1 atom stereocenters. The molecule has 0 bridgehead atoms. The molecule has 1 rings (SSSR count). The minimum atomic E-state index is -1.41. The average Bonchev–Trinajstić information content (AvgIpc) is 2.52. The van der Waals surface area contributed by atoms with Gasteiger partial charge in [-0.2, -0.15) is 0 Å². The molecule has 6 nitrogen and oxygen atoms in total. The third-order valence-corrected chi connectivity index (χ3v) is 1.77. The van der Waals surface area contributed by atoms with Gasteiger partial charge in [0.1, 0.15) is 0 Å². The molecule has 0 aliphatic rings. The summed E-state index contributed by atoms with van der Waals surface area (Å²) in [5, 5.41) is 25.0. The number of hydrogen-bond donors (Lipinski definition) is 2. The van der Waals surface area contributed by atoms with E-state index in [4.69, 9.17) is 10.2 Å². The van der Waals surface area contributed by atoms with Crippen LogP contribution in [0.4, 0.5) is 0 Å². The van der Waals surface area contributed by atoms with Crippen molar-refractivity contribution in [2.24, 2.45) is 0 Å². The quantitative estimate of drug-likeness (QED) is 0.703. The smallest absolute Gasteiger partial charge is 0.332 e. The van der Waals surface area contributed by atoms with E-state index in [0.29, 0.717) is 5.69 Å². The summed E-state index contributed by atoms with van der Waals surface area (Å²) in [6.07, 6.45) is 0.214. The lowest BCUT2D eigenvalue weighted by Crippen LogP contribution is -2.22. The maximum atomic E-state index is 10.3. The first-order chi connectivity index (χ1) is 6.50. The fraction of sp³-hybridized carbons (Fsp3) is 0.625. The lowest BCUT2D eigenvalue weighted by Gasteiger charge is -2.02. The SMILES string of the molecule is CC(C)n1cc(CC(O)C(=O)O)nn1. The van der Waals surface area contributed by atoms with E-state index in [1.54, 1.807) is 10.9 Å². The monoisotopic (exact) mass is 199 g/mol. The highest BCUT2D eigenvalue weighted by molar-refractivity contribution is 5.72. The van der Waals surface area contributed by atoms with Gasteiger partial charge in [-0.25, -0.2) is 9.48 Å². The van der Waals surface area contributed by atoms with E-state index in [2.05, 4.69) is 10.3 Å². The lowest BCUT2D eigenvalue weighted by molar-refractivity contribution is -0.146. The van der Waals surface area contributed by atoms with Crippen molar-refractivity contribution in [1.29, 1.82) is 0 Å². The third-order valence-electron chi connectivity index (χ3n) is 1.77. The van der Waals surface area contributed by atoms with Crippen LogP contribution in [0.5, 0.6) is 0 Å². The number of carbonyl (C=O) groups is 1. The highest BCUT2D eigenvalue weighted by Gasteiger charge is 2.16. The first-order valence-electron chi connectivity index (χ1n) is 4.32. The van der Waals surface area contributed by atoms with E-state index >= 15 is 0 Å². The average molecular weight is 199 g/mol. The van der Waals surface area contributed by atoms with Crippen molar-refractivity contribution in [1.82, 2.24) is 15.0 Å². The summed E-state index contributed by atoms with van der Waals surface area (Å²) in [6.45, 7) is 3.87. The van der Waals surface area contributed by atoms with Gasteiger partial charge in [0.05, 0.1) is 5.69 Å². The van der Waals surface area contributed by atoms with Crippen molar-refractivity contribution in [3.05, 3.63) is 11.9 Å². The molecule has 1 aromatic rings. The Kier molecular flexibility index (Phi) is 3.19. The van der Waals surface area contributed by atoms with Crippen LogP contribution in [-0.4, -0.2) is 37.3 Å². The van der Waals surface area contributed by atoms with Gasteiger partial charge in [-0.15, -0.1) is 5.10 Å². The molecule has 0 aromatic carbocycles. The maximum absolute atomic E-state index is 10.3. The summed E-state index contributed by atoms with van der Waals surface area (Å²) in [6, 6.07) is 0.179. The molecule has 6 heteroatoms. The van der Waals surface area contributed by atoms with Gasteiger partial charge in [0.15, 0.2) is 6.10 Å². The van der Waals surface area contributed by atoms with Crippen LogP contribution < -0.4 is 0 Å². The van der Waals surface area contributed by atoms with Crippen LogP contribution in [0.1, 0.15) is 25.6 Å². The van der Waals surface area contributed by atoms with Crippen LogP contribution in [-0.2, 0) is 11.2 Å². The Bertz CT molecular complexity index is 321. The second-order valence-corrected chi connectivity index (χ2v) is 3.34. The predicted molar refractivity (Wildman–Crippen MR) is 47.8 cm³/mol. The van der Waals surface area contributed by atoms with Gasteiger partial charge in [0, 0.05) is 18.7 Å². The van der Waals surface area contributed by atoms with Crippen molar-refractivity contribution in [2.45, 2.75) is 32.4 Å². The topological polar surface area (TPSA) is 88.2 Å². The van der Waals surface area contributed by atoms with Gasteiger partial charge in [-0.05, 0) is 13.8 Å². The Morgan fingerprint density at radius 2 is 2.29 bits per heavy atom. The van der Waals surface area contributed by atoms with E-state index < -0.39 is 12.1 Å². The molecule has 0 amide bonds. The zero-order chi connectivity index (χ0) is 10.7. The molecular weight excluding hydrogens is 186 g/mol. The van der Waals surface area contributed by atoms with Gasteiger partial charge in [0.25, 0.3) is 0 Å². The number of nitrogens with zero attached hydrogens (tertiary/aromatic N) is 3. The number of carboxylic acids is 1. The summed E-state index contributed by atoms with van der Waals surface area (Å²) in [7, 11) is 0. The van der Waals surface area contributed by atoms with Crippen molar-refractivity contribution in [3.8, 4) is 0 Å². The van der Waals surface area contributed by atoms with Crippen LogP contribution in [0.3, 0.4) is 0 Å². The molecule has 0 aliphatic heterocycles. The highest BCUT2D eigenvalue weighted by atomic mass is 16.4. The highest BCUT2D eigenvalue weighted by Crippen LogP contribution is 2.04. The molecule has 78 valence electrons. The summed E-state index contributed by atoms with van der Waals surface area (Å²) >= 11 is 0. The zero-order valence-electron chi connectivity index (χ0n) is 8.08. The summed E-state index contributed by atoms with van der Waals surface area (Å²) in [5.41, 5.74) is 0.480. The first-order valence-corrected chi connectivity index (χ1v) is 4.32. The second kappa shape index (κ2) is 4.19. The zero-order valence-corrected chi connectivity index (χ0v) is 8.08. The molecule has 0 radical (unpaired) electrons. The molecule has 0 fully saturated rings. The number of aliphatic hydroxyl groups excluding tert-OH is 1. The standard InChI is InChI=1S/C8H13N3O3/c1-5(2)11-4-6(9-10-11)3-7(12)8(13)14/h4-5,7,12H,3H2,1-2H3,(H,13,14). The fourth-order valence-electron chi connectivity index (χ4n) is 0.945. The minimum absolute atomic E-state index is 0.0119. The summed E-state index contributed by atoms with van der Waals surface area (Å²) < 4.78 is 1.61. The molecule has 1 heterocycles. The molecule has 2 N–H and O–H groups in total. The van der Waals surface area contributed by atoms with E-state index in [1.807, 2.05) is 13.8 Å². The molecule has 1 unspecified atom stereocenters. The van der Waals surface area contributed by atoms with E-state index in [9.17, 15) is 4.79 Å². The lowest BCUT2D eigenvalue weighted by atomic mass is 10.2. The van der Waals surface area contributed by atoms with Crippen LogP contribution in [0, 0.1) is 0 Å². The third kappa shape index (κ3) is 2.53. The van der Waals surface area contributed by atoms with Crippen molar-refractivity contribution in [2.75, 3.05) is 0 Å². The molecule has 14 heavy (non-hydrogen) atoms. The van der Waals surface area contributed by atoms with Crippen LogP contribution in [0.15, 0.2) is 6.20 Å². The summed E-state index contributed by atoms with van der Waals surface area (Å²) in [4.78, 5) is 10.3. The number of carboxylic acid groups (broad SMARTS) is 1. The Morgan fingerprint density at radius 3 is 2.71 bits per heavy atom. The minimum Gasteiger partial charge on any atom is -0.479 e. The van der Waals surface area contributed by atoms with Crippen molar-refractivity contribution < 1.29 is 15.0 Å². The summed E-state index contributed by atoms with van der Waals surface area (Å²) in [5.74, 6) is -1.25. The van der Waals surface area contributed by atoms with Gasteiger partial charge < -0.3 is 10.2 Å². The predicted octanol–water partition coefficient (Wildman–Crippen LogP) is -0.153. The molecular formula is C8H13N3O3. The Labute approximate surface area is 81.2 Å². The van der Waals surface area contributed by atoms with Gasteiger partial charge >= 0.3 is 5.97 Å². The second-order valence-electron chi connectivity index (χ2n) is 3.34. The number of hydrogen-bond acceptors (Lipinski definition) is 4. The van der Waals surface area contributed by atoms with E-state index in [0.717, 1.165) is 0 Å². The van der Waals surface area contributed by atoms with Crippen LogP contribution in [0.25, 0.3) is 0 Å². The fourth-order valence-corrected chi connectivity index (χ4v) is 0.945. The van der Waals surface area contributed by atoms with E-state index in [-0.39, 0.29) is 12.5 Å². The number of aromatic nitrogens is 3. The van der Waals surface area contributed by atoms with Gasteiger partial charge in [-0.3, -0.25) is 0 Å². The van der Waals surface area contributed by atoms with Crippen molar-refractivity contribution in [3.63, 3.8) is 0 Å². The molecule has 0 aliphatic carbocycles. The molecule has 1 aromatic heterocycles. The number of rotatable bonds is 4. The largest absolute Gasteiger partial charge is 0.479 e. The van der Waals surface area contributed by atoms with E-state index in [1.165, 1.54) is 0 Å². The van der Waals surface area contributed by atoms with Gasteiger partial charge in [0.2, 0.25) is 0 Å². The Hall–Kier alpha value is -1.43. The first kappa shape index (κ1) is 10.6. The number of aliphatic carboxylic acids is 1. The molecule has 0 spiro atoms. The maximum Gasteiger partial charge on any atom is 0.332 e. The molecule has 0 saturated heterocycles. The van der Waals surface area contributed by atoms with Crippen molar-refractivity contribution >= 4 is 5.97 Å². The molecule has 0 saturated carbocycles. The van der Waals surface area contributed by atoms with Crippen LogP contribution >= 0.6 is 0 Å². The Balaban J connectivity index is 2.64. The number of aliphatic hydroxyl groups is 1.